The quantitative estimate of drug-likeness (QED) is 0.407. The molecule has 2 atom stereocenters. The van der Waals surface area contributed by atoms with E-state index in [2.05, 4.69) is 0 Å². The zero-order chi connectivity index (χ0) is 9.68. The number of aliphatic hydroxyl groups is 1. The van der Waals surface area contributed by atoms with Crippen LogP contribution in [0.5, 0.6) is 0 Å². The molecule has 0 heterocycles. The van der Waals surface area contributed by atoms with Crippen LogP contribution >= 0.6 is 8.03 Å². The summed E-state index contributed by atoms with van der Waals surface area (Å²) in [6.07, 6.45) is 6.74. The molecule has 76 valence electrons. The van der Waals surface area contributed by atoms with Crippen molar-refractivity contribution in [3.63, 3.8) is 0 Å². The third-order valence-electron chi connectivity index (χ3n) is 2.33. The second kappa shape index (κ2) is 5.58. The van der Waals surface area contributed by atoms with Gasteiger partial charge in [-0.1, -0.05) is 11.6 Å². The van der Waals surface area contributed by atoms with Crippen LogP contribution in [0.1, 0.15) is 32.1 Å². The van der Waals surface area contributed by atoms with Gasteiger partial charge in [-0.05, 0) is 32.1 Å². The molecule has 0 saturated heterocycles. The summed E-state index contributed by atoms with van der Waals surface area (Å²) in [5.41, 5.74) is 1.31. The normalized spacial score (nSPS) is 24.5. The van der Waals surface area contributed by atoms with Gasteiger partial charge in [-0.15, -0.1) is 0 Å². The molecule has 3 nitrogen and oxygen atoms in total. The Balaban J connectivity index is 2.06. The van der Waals surface area contributed by atoms with Crippen molar-refractivity contribution < 1.29 is 14.6 Å². The summed E-state index contributed by atoms with van der Waals surface area (Å²) in [4.78, 5) is 8.58. The molecule has 0 aliphatic heterocycles. The van der Waals surface area contributed by atoms with Gasteiger partial charge in [0.05, 0.1) is 6.10 Å². The van der Waals surface area contributed by atoms with Crippen LogP contribution in [0.4, 0.5) is 0 Å². The molecule has 13 heavy (non-hydrogen) atoms. The summed E-state index contributed by atoms with van der Waals surface area (Å²) in [5.74, 6) is 0. The van der Waals surface area contributed by atoms with E-state index < -0.39 is 8.03 Å². The fourth-order valence-electron chi connectivity index (χ4n) is 1.61. The third-order valence-corrected chi connectivity index (χ3v) is 3.11. The fraction of sp³-hybridized carbons (Fsp3) is 0.778. The highest BCUT2D eigenvalue weighted by atomic mass is 31.1. The van der Waals surface area contributed by atoms with Crippen molar-refractivity contribution in [1.29, 1.82) is 0 Å². The Kier molecular flexibility index (Phi) is 4.71. The molecule has 0 aromatic carbocycles. The lowest BCUT2D eigenvalue weighted by Crippen LogP contribution is -1.93. The van der Waals surface area contributed by atoms with Crippen LogP contribution in [0.3, 0.4) is 0 Å². The highest BCUT2D eigenvalue weighted by molar-refractivity contribution is 7.37. The van der Waals surface area contributed by atoms with Gasteiger partial charge in [-0.25, -0.2) is 0 Å². The monoisotopic (exact) mass is 204 g/mol. The van der Waals surface area contributed by atoms with Crippen molar-refractivity contribution in [3.8, 4) is 0 Å². The number of unbranched alkanes of at least 4 members (excludes halogenated alkanes) is 1. The second-order valence-electron chi connectivity index (χ2n) is 3.53. The molecule has 1 aliphatic carbocycles. The number of rotatable bonds is 5. The molecule has 0 bridgehead atoms. The predicted octanol–water partition coefficient (Wildman–Crippen LogP) is 1.70. The second-order valence-corrected chi connectivity index (χ2v) is 4.82. The predicted molar refractivity (Wildman–Crippen MR) is 53.3 cm³/mol. The molecule has 0 fully saturated rings. The Morgan fingerprint density at radius 2 is 2.31 bits per heavy atom. The molecule has 1 rings (SSSR count). The summed E-state index contributed by atoms with van der Waals surface area (Å²) in [6.45, 7) is 0. The van der Waals surface area contributed by atoms with Crippen molar-refractivity contribution in [2.45, 2.75) is 38.2 Å². The van der Waals surface area contributed by atoms with E-state index in [1.807, 2.05) is 6.08 Å². The maximum Gasteiger partial charge on any atom is 0.189 e. The topological polar surface area (TPSA) is 57.5 Å². The molecular formula is C9H17O3P. The zero-order valence-corrected chi connectivity index (χ0v) is 8.70. The molecular weight excluding hydrogens is 187 g/mol. The number of allylic oxidation sites excluding steroid dienone is 1. The van der Waals surface area contributed by atoms with Crippen LogP contribution in [0.15, 0.2) is 11.6 Å². The molecule has 4 heteroatoms. The molecule has 2 N–H and O–H groups in total. The average molecular weight is 204 g/mol. The highest BCUT2D eigenvalue weighted by Crippen LogP contribution is 2.24. The van der Waals surface area contributed by atoms with E-state index in [1.54, 1.807) is 0 Å². The van der Waals surface area contributed by atoms with Gasteiger partial charge in [-0.2, -0.15) is 0 Å². The minimum absolute atomic E-state index is 0.244. The fourth-order valence-corrected chi connectivity index (χ4v) is 2.16. The SMILES string of the molecule is O=[PH](O)CCCCC1=CC(O)CC1. The first-order valence-corrected chi connectivity index (χ1v) is 6.34. The Morgan fingerprint density at radius 3 is 2.85 bits per heavy atom. The molecule has 0 aromatic rings. The van der Waals surface area contributed by atoms with Crippen molar-refractivity contribution in [1.82, 2.24) is 0 Å². The van der Waals surface area contributed by atoms with Crippen LogP contribution in [-0.2, 0) is 4.57 Å². The van der Waals surface area contributed by atoms with Crippen LogP contribution in [-0.4, -0.2) is 22.3 Å². The van der Waals surface area contributed by atoms with Crippen LogP contribution < -0.4 is 0 Å². The zero-order valence-electron chi connectivity index (χ0n) is 7.70. The number of aliphatic hydroxyl groups excluding tert-OH is 1. The Morgan fingerprint density at radius 1 is 1.54 bits per heavy atom. The molecule has 0 aromatic heterocycles. The third kappa shape index (κ3) is 4.61. The van der Waals surface area contributed by atoms with E-state index in [1.165, 1.54) is 5.57 Å². The lowest BCUT2D eigenvalue weighted by molar-refractivity contribution is 0.223. The summed E-state index contributed by atoms with van der Waals surface area (Å²) < 4.78 is 10.4. The van der Waals surface area contributed by atoms with Gasteiger partial charge in [0.25, 0.3) is 0 Å². The summed E-state index contributed by atoms with van der Waals surface area (Å²) >= 11 is 0. The lowest BCUT2D eigenvalue weighted by atomic mass is 10.1. The molecule has 0 radical (unpaired) electrons. The minimum Gasteiger partial charge on any atom is -0.389 e. The lowest BCUT2D eigenvalue weighted by Gasteiger charge is -1.99. The standard InChI is InChI=1S/C9H17O3P/c10-9-5-4-8(7-9)3-1-2-6-13(11)12/h7,9-10,13H,1-6H2,(H,11,12). The van der Waals surface area contributed by atoms with Gasteiger partial charge in [0.1, 0.15) is 0 Å². The van der Waals surface area contributed by atoms with Gasteiger partial charge in [0.15, 0.2) is 8.03 Å². The first kappa shape index (κ1) is 11.0. The molecule has 0 amide bonds. The van der Waals surface area contributed by atoms with Gasteiger partial charge in [0.2, 0.25) is 0 Å². The van der Waals surface area contributed by atoms with Gasteiger partial charge in [-0.3, -0.25) is 4.57 Å². The summed E-state index contributed by atoms with van der Waals surface area (Å²) in [5, 5.41) is 9.18. The van der Waals surface area contributed by atoms with E-state index in [0.29, 0.717) is 6.16 Å². The smallest absolute Gasteiger partial charge is 0.189 e. The largest absolute Gasteiger partial charge is 0.389 e. The Hall–Kier alpha value is -0.110. The van der Waals surface area contributed by atoms with Gasteiger partial charge >= 0.3 is 0 Å². The maximum atomic E-state index is 10.4. The van der Waals surface area contributed by atoms with Crippen LogP contribution in [0.25, 0.3) is 0 Å². The van der Waals surface area contributed by atoms with Crippen LogP contribution in [0.2, 0.25) is 0 Å². The number of hydrogen-bond donors (Lipinski definition) is 2. The van der Waals surface area contributed by atoms with Gasteiger partial charge in [0, 0.05) is 6.16 Å². The van der Waals surface area contributed by atoms with E-state index in [9.17, 15) is 9.67 Å². The minimum atomic E-state index is -2.26. The first-order chi connectivity index (χ1) is 6.18. The Bertz CT molecular complexity index is 213. The maximum absolute atomic E-state index is 10.4. The van der Waals surface area contributed by atoms with Crippen molar-refractivity contribution in [3.05, 3.63) is 11.6 Å². The first-order valence-electron chi connectivity index (χ1n) is 4.78. The van der Waals surface area contributed by atoms with Crippen molar-refractivity contribution in [2.24, 2.45) is 0 Å². The molecule has 0 saturated carbocycles. The van der Waals surface area contributed by atoms with Crippen molar-refractivity contribution >= 4 is 8.03 Å². The average Bonchev–Trinajstić information content (AvgIpc) is 2.45. The van der Waals surface area contributed by atoms with E-state index >= 15 is 0 Å². The van der Waals surface area contributed by atoms with E-state index in [0.717, 1.165) is 32.1 Å². The Labute approximate surface area is 79.3 Å². The highest BCUT2D eigenvalue weighted by Gasteiger charge is 2.11. The summed E-state index contributed by atoms with van der Waals surface area (Å²) in [7, 11) is -2.26. The van der Waals surface area contributed by atoms with Gasteiger partial charge < -0.3 is 10.00 Å². The molecule has 1 aliphatic rings. The summed E-state index contributed by atoms with van der Waals surface area (Å²) in [6, 6.07) is 0. The number of hydrogen-bond acceptors (Lipinski definition) is 2. The molecule has 2 unspecified atom stereocenters. The van der Waals surface area contributed by atoms with Crippen LogP contribution in [0, 0.1) is 0 Å². The molecule has 0 spiro atoms. The van der Waals surface area contributed by atoms with Crippen molar-refractivity contribution in [2.75, 3.05) is 6.16 Å². The van der Waals surface area contributed by atoms with E-state index in [4.69, 9.17) is 4.89 Å². The van der Waals surface area contributed by atoms with E-state index in [-0.39, 0.29) is 6.10 Å².